The lowest BCUT2D eigenvalue weighted by Crippen LogP contribution is -2.12. The van der Waals surface area contributed by atoms with Crippen LogP contribution in [0.15, 0.2) is 72.8 Å². The van der Waals surface area contributed by atoms with Gasteiger partial charge in [-0.05, 0) is 66.7 Å². The maximum atomic E-state index is 12.8. The molecule has 3 aromatic carbocycles. The highest BCUT2D eigenvalue weighted by molar-refractivity contribution is 5.76. The Morgan fingerprint density at radius 1 is 0.519 bits per heavy atom. The molecule has 27 heavy (non-hydrogen) atoms. The van der Waals surface area contributed by atoms with Crippen LogP contribution in [-0.4, -0.2) is 0 Å². The minimum atomic E-state index is -4.47. The number of halogens is 6. The first-order valence-corrected chi connectivity index (χ1v) is 7.77. The predicted molar refractivity (Wildman–Crippen MR) is 90.0 cm³/mol. The van der Waals surface area contributed by atoms with Crippen molar-refractivity contribution in [1.82, 2.24) is 0 Å². The van der Waals surface area contributed by atoms with E-state index in [1.54, 1.807) is 29.2 Å². The fraction of sp³-hybridized carbons (Fsp3) is 0.100. The second-order valence-corrected chi connectivity index (χ2v) is 5.68. The summed E-state index contributed by atoms with van der Waals surface area (Å²) >= 11 is 0. The molecule has 0 fully saturated rings. The molecule has 3 rings (SSSR count). The SMILES string of the molecule is FC(F)(F)c1ccc(N(c2cc[c]cc2)c2ccc(C(F)(F)F)cc2)cc1. The van der Waals surface area contributed by atoms with Crippen molar-refractivity contribution in [2.45, 2.75) is 12.4 Å². The predicted octanol–water partition coefficient (Wildman–Crippen LogP) is 6.99. The molecular formula is C20H12F6N. The molecule has 139 valence electrons. The second kappa shape index (κ2) is 6.98. The molecule has 0 aromatic heterocycles. The Labute approximate surface area is 151 Å². The van der Waals surface area contributed by atoms with Crippen LogP contribution in [0.25, 0.3) is 0 Å². The first-order valence-electron chi connectivity index (χ1n) is 7.77. The third-order valence-corrected chi connectivity index (χ3v) is 3.86. The zero-order valence-electron chi connectivity index (χ0n) is 13.6. The summed E-state index contributed by atoms with van der Waals surface area (Å²) in [6, 6.07) is 18.2. The number of benzene rings is 3. The van der Waals surface area contributed by atoms with Crippen LogP contribution in [0.1, 0.15) is 11.1 Å². The first-order chi connectivity index (χ1) is 12.7. The highest BCUT2D eigenvalue weighted by Crippen LogP contribution is 2.38. The molecule has 1 nitrogen and oxygen atoms in total. The van der Waals surface area contributed by atoms with Crippen molar-refractivity contribution in [3.63, 3.8) is 0 Å². The van der Waals surface area contributed by atoms with E-state index >= 15 is 0 Å². The molecule has 0 N–H and O–H groups in total. The monoisotopic (exact) mass is 380 g/mol. The van der Waals surface area contributed by atoms with E-state index in [1.807, 2.05) is 0 Å². The third-order valence-electron chi connectivity index (χ3n) is 3.86. The van der Waals surface area contributed by atoms with E-state index < -0.39 is 23.5 Å². The van der Waals surface area contributed by atoms with Gasteiger partial charge in [0.05, 0.1) is 11.1 Å². The van der Waals surface area contributed by atoms with Gasteiger partial charge in [0.2, 0.25) is 0 Å². The Hall–Kier alpha value is -2.96. The maximum absolute atomic E-state index is 12.8. The molecule has 0 atom stereocenters. The zero-order valence-corrected chi connectivity index (χ0v) is 13.6. The summed E-state index contributed by atoms with van der Waals surface area (Å²) in [5.41, 5.74) is -0.267. The molecule has 0 aliphatic rings. The largest absolute Gasteiger partial charge is 0.416 e. The van der Waals surface area contributed by atoms with Crippen LogP contribution in [0.4, 0.5) is 43.4 Å². The molecule has 0 bridgehead atoms. The van der Waals surface area contributed by atoms with Crippen LogP contribution >= 0.6 is 0 Å². The Bertz CT molecular complexity index is 824. The van der Waals surface area contributed by atoms with Crippen molar-refractivity contribution in [2.24, 2.45) is 0 Å². The van der Waals surface area contributed by atoms with Gasteiger partial charge < -0.3 is 4.90 Å². The lowest BCUT2D eigenvalue weighted by molar-refractivity contribution is -0.138. The number of nitrogens with zero attached hydrogens (tertiary/aromatic N) is 1. The van der Waals surface area contributed by atoms with Gasteiger partial charge in [-0.25, -0.2) is 0 Å². The molecule has 0 unspecified atom stereocenters. The van der Waals surface area contributed by atoms with Crippen LogP contribution in [0.3, 0.4) is 0 Å². The second-order valence-electron chi connectivity index (χ2n) is 5.68. The number of anilines is 3. The van der Waals surface area contributed by atoms with Crippen LogP contribution in [0, 0.1) is 6.07 Å². The van der Waals surface area contributed by atoms with Crippen molar-refractivity contribution in [3.8, 4) is 0 Å². The normalized spacial score (nSPS) is 12.1. The van der Waals surface area contributed by atoms with E-state index in [4.69, 9.17) is 0 Å². The molecule has 0 aliphatic carbocycles. The molecular weight excluding hydrogens is 368 g/mol. The first kappa shape index (κ1) is 18.8. The maximum Gasteiger partial charge on any atom is 0.416 e. The van der Waals surface area contributed by atoms with Gasteiger partial charge in [-0.3, -0.25) is 0 Å². The fourth-order valence-electron chi connectivity index (χ4n) is 2.57. The van der Waals surface area contributed by atoms with Gasteiger partial charge in [0, 0.05) is 17.1 Å². The number of alkyl halides is 6. The highest BCUT2D eigenvalue weighted by atomic mass is 19.4. The average Bonchev–Trinajstić information content (AvgIpc) is 2.62. The van der Waals surface area contributed by atoms with Gasteiger partial charge in [0.25, 0.3) is 0 Å². The highest BCUT2D eigenvalue weighted by Gasteiger charge is 2.31. The van der Waals surface area contributed by atoms with Gasteiger partial charge in [-0.2, -0.15) is 26.3 Å². The smallest absolute Gasteiger partial charge is 0.311 e. The topological polar surface area (TPSA) is 3.24 Å². The Morgan fingerprint density at radius 2 is 0.852 bits per heavy atom. The van der Waals surface area contributed by atoms with Crippen molar-refractivity contribution in [2.75, 3.05) is 4.90 Å². The molecule has 0 amide bonds. The summed E-state index contributed by atoms with van der Waals surface area (Å²) in [5.74, 6) is 0. The van der Waals surface area contributed by atoms with Crippen LogP contribution in [0.5, 0.6) is 0 Å². The van der Waals surface area contributed by atoms with Gasteiger partial charge in [0.1, 0.15) is 0 Å². The van der Waals surface area contributed by atoms with Crippen molar-refractivity contribution < 1.29 is 26.3 Å². The summed E-state index contributed by atoms with van der Waals surface area (Å²) in [5, 5.41) is 0. The quantitative estimate of drug-likeness (QED) is 0.443. The average molecular weight is 380 g/mol. The summed E-state index contributed by atoms with van der Waals surface area (Å²) in [7, 11) is 0. The van der Waals surface area contributed by atoms with E-state index in [9.17, 15) is 26.3 Å². The number of hydrogen-bond donors (Lipinski definition) is 0. The van der Waals surface area contributed by atoms with Crippen LogP contribution in [0.2, 0.25) is 0 Å². The number of rotatable bonds is 3. The third kappa shape index (κ3) is 4.24. The Kier molecular flexibility index (Phi) is 4.87. The fourth-order valence-corrected chi connectivity index (χ4v) is 2.57. The van der Waals surface area contributed by atoms with E-state index in [0.717, 1.165) is 24.3 Å². The van der Waals surface area contributed by atoms with E-state index in [1.165, 1.54) is 24.3 Å². The molecule has 7 heteroatoms. The minimum Gasteiger partial charge on any atom is -0.311 e. The summed E-state index contributed by atoms with van der Waals surface area (Å²) in [4.78, 5) is 1.56. The van der Waals surface area contributed by atoms with Crippen molar-refractivity contribution in [3.05, 3.63) is 90.0 Å². The molecule has 0 heterocycles. The Balaban J connectivity index is 2.05. The summed E-state index contributed by atoms with van der Waals surface area (Å²) in [6.07, 6.45) is -8.95. The molecule has 0 saturated carbocycles. The number of hydrogen-bond acceptors (Lipinski definition) is 1. The molecule has 0 aliphatic heterocycles. The lowest BCUT2D eigenvalue weighted by atomic mass is 10.1. The minimum absolute atomic E-state index is 0.383. The van der Waals surface area contributed by atoms with Gasteiger partial charge in [-0.15, -0.1) is 0 Å². The van der Waals surface area contributed by atoms with Crippen molar-refractivity contribution >= 4 is 17.1 Å². The van der Waals surface area contributed by atoms with Gasteiger partial charge in [-0.1, -0.05) is 12.1 Å². The summed E-state index contributed by atoms with van der Waals surface area (Å²) in [6.45, 7) is 0. The van der Waals surface area contributed by atoms with E-state index in [0.29, 0.717) is 17.1 Å². The van der Waals surface area contributed by atoms with Crippen LogP contribution in [-0.2, 0) is 12.4 Å². The van der Waals surface area contributed by atoms with Crippen molar-refractivity contribution in [1.29, 1.82) is 0 Å². The molecule has 0 spiro atoms. The van der Waals surface area contributed by atoms with Gasteiger partial charge >= 0.3 is 12.4 Å². The van der Waals surface area contributed by atoms with E-state index in [-0.39, 0.29) is 0 Å². The molecule has 3 aromatic rings. The van der Waals surface area contributed by atoms with E-state index in [2.05, 4.69) is 6.07 Å². The molecule has 0 saturated heterocycles. The van der Waals surface area contributed by atoms with Gasteiger partial charge in [0.15, 0.2) is 0 Å². The lowest BCUT2D eigenvalue weighted by Gasteiger charge is -2.26. The summed E-state index contributed by atoms with van der Waals surface area (Å²) < 4.78 is 76.8. The Morgan fingerprint density at radius 3 is 1.19 bits per heavy atom. The standard InChI is InChI=1S/C20H12F6N/c21-19(22,23)14-6-10-17(11-7-14)27(16-4-2-1-3-5-16)18-12-8-15(9-13-18)20(24,25)26/h2-13H. The molecule has 1 radical (unpaired) electrons. The van der Waals surface area contributed by atoms with Crippen LogP contribution < -0.4 is 4.90 Å². The zero-order chi connectivity index (χ0) is 19.7.